The number of nitrogens with zero attached hydrogens (tertiary/aromatic N) is 2. The van der Waals surface area contributed by atoms with E-state index in [1.165, 1.54) is 6.07 Å². The number of piperidine rings is 1. The first-order valence-electron chi connectivity index (χ1n) is 8.83. The number of halogens is 1. The Morgan fingerprint density at radius 1 is 1.32 bits per heavy atom. The third-order valence-electron chi connectivity index (χ3n) is 5.56. The zero-order chi connectivity index (χ0) is 17.6. The van der Waals surface area contributed by atoms with Crippen LogP contribution >= 0.6 is 0 Å². The molecule has 0 radical (unpaired) electrons. The minimum Gasteiger partial charge on any atom is -0.326 e. The highest BCUT2D eigenvalue weighted by atomic mass is 19.1. The van der Waals surface area contributed by atoms with Crippen molar-refractivity contribution in [2.45, 2.75) is 33.1 Å². The second-order valence-electron chi connectivity index (χ2n) is 7.36. The molecule has 25 heavy (non-hydrogen) atoms. The summed E-state index contributed by atoms with van der Waals surface area (Å²) in [5.74, 6) is -0.315. The van der Waals surface area contributed by atoms with Gasteiger partial charge in [-0.25, -0.2) is 9.07 Å². The summed E-state index contributed by atoms with van der Waals surface area (Å²) in [7, 11) is 0. The fraction of sp³-hybridized carbons (Fsp3) is 0.474. The van der Waals surface area contributed by atoms with Gasteiger partial charge in [0.1, 0.15) is 5.69 Å². The molecule has 5 nitrogen and oxygen atoms in total. The summed E-state index contributed by atoms with van der Waals surface area (Å²) in [4.78, 5) is 12.5. The Bertz CT molecular complexity index is 823. The highest BCUT2D eigenvalue weighted by Gasteiger charge is 2.57. The van der Waals surface area contributed by atoms with Crippen LogP contribution in [0.5, 0.6) is 0 Å². The molecular weight excluding hydrogens is 319 g/mol. The van der Waals surface area contributed by atoms with E-state index in [9.17, 15) is 9.18 Å². The molecule has 1 aliphatic heterocycles. The Hall–Kier alpha value is -2.21. The number of carbonyl (C=O) groups excluding carboxylic acids is 1. The Morgan fingerprint density at radius 2 is 2.08 bits per heavy atom. The van der Waals surface area contributed by atoms with Gasteiger partial charge in [-0.15, -0.1) is 0 Å². The molecule has 1 unspecified atom stereocenters. The summed E-state index contributed by atoms with van der Waals surface area (Å²) in [5, 5.41) is 10.5. The van der Waals surface area contributed by atoms with Gasteiger partial charge in [0.25, 0.3) is 0 Å². The molecule has 2 heterocycles. The van der Waals surface area contributed by atoms with Crippen LogP contribution in [0.2, 0.25) is 0 Å². The fourth-order valence-electron chi connectivity index (χ4n) is 4.05. The molecule has 1 saturated carbocycles. The van der Waals surface area contributed by atoms with E-state index in [-0.39, 0.29) is 17.2 Å². The van der Waals surface area contributed by atoms with Crippen LogP contribution < -0.4 is 10.6 Å². The van der Waals surface area contributed by atoms with E-state index < -0.39 is 5.82 Å². The highest BCUT2D eigenvalue weighted by molar-refractivity contribution is 5.95. The summed E-state index contributed by atoms with van der Waals surface area (Å²) in [6.07, 6.45) is 3.06. The number of rotatable bonds is 3. The van der Waals surface area contributed by atoms with Gasteiger partial charge in [-0.2, -0.15) is 5.10 Å². The average molecular weight is 342 g/mol. The van der Waals surface area contributed by atoms with Crippen molar-refractivity contribution in [2.75, 3.05) is 18.4 Å². The molecule has 4 rings (SSSR count). The van der Waals surface area contributed by atoms with Crippen molar-refractivity contribution in [1.82, 2.24) is 15.1 Å². The maximum absolute atomic E-state index is 14.5. The van der Waals surface area contributed by atoms with Crippen LogP contribution in [0.3, 0.4) is 0 Å². The fourth-order valence-corrected chi connectivity index (χ4v) is 4.05. The van der Waals surface area contributed by atoms with Gasteiger partial charge in [0.15, 0.2) is 5.82 Å². The molecule has 2 N–H and O–H groups in total. The Balaban J connectivity index is 1.48. The van der Waals surface area contributed by atoms with Crippen molar-refractivity contribution in [2.24, 2.45) is 11.3 Å². The molecule has 2 fully saturated rings. The number of aryl methyl sites for hydroxylation is 2. The van der Waals surface area contributed by atoms with Gasteiger partial charge >= 0.3 is 0 Å². The maximum atomic E-state index is 14.5. The van der Waals surface area contributed by atoms with Crippen LogP contribution in [0.25, 0.3) is 5.69 Å². The normalized spacial score (nSPS) is 21.3. The van der Waals surface area contributed by atoms with E-state index in [2.05, 4.69) is 15.7 Å². The standard InChI is InChI=1S/C19H23FN4O/c1-12-9-13(2)24(23-12)17-4-3-14(10-16(17)20)22-18(25)15-11-19(15)5-7-21-8-6-19/h3-4,9-10,15,21H,5-8,11H2,1-2H3,(H,22,25). The second kappa shape index (κ2) is 5.95. The summed E-state index contributed by atoms with van der Waals surface area (Å²) in [5.41, 5.74) is 2.79. The highest BCUT2D eigenvalue weighted by Crippen LogP contribution is 2.58. The Kier molecular flexibility index (Phi) is 3.87. The predicted molar refractivity (Wildman–Crippen MR) is 94.3 cm³/mol. The minimum atomic E-state index is -0.392. The number of hydrogen-bond acceptors (Lipinski definition) is 3. The third kappa shape index (κ3) is 2.95. The van der Waals surface area contributed by atoms with Gasteiger partial charge in [-0.05, 0) is 75.9 Å². The quantitative estimate of drug-likeness (QED) is 0.902. The number of nitrogens with one attached hydrogen (secondary N) is 2. The zero-order valence-electron chi connectivity index (χ0n) is 14.6. The van der Waals surface area contributed by atoms with E-state index >= 15 is 0 Å². The number of hydrogen-bond donors (Lipinski definition) is 2. The number of benzene rings is 1. The van der Waals surface area contributed by atoms with Gasteiger partial charge in [0.2, 0.25) is 5.91 Å². The predicted octanol–water partition coefficient (Wildman–Crippen LogP) is 2.96. The first-order valence-corrected chi connectivity index (χ1v) is 8.83. The van der Waals surface area contributed by atoms with Crippen LogP contribution in [-0.4, -0.2) is 28.8 Å². The molecule has 6 heteroatoms. The largest absolute Gasteiger partial charge is 0.326 e. The summed E-state index contributed by atoms with van der Waals surface area (Å²) in [6, 6.07) is 6.68. The van der Waals surface area contributed by atoms with E-state index in [0.29, 0.717) is 11.4 Å². The van der Waals surface area contributed by atoms with E-state index in [4.69, 9.17) is 0 Å². The molecule has 1 spiro atoms. The SMILES string of the molecule is Cc1cc(C)n(-c2ccc(NC(=O)C3CC34CCNCC4)cc2F)n1. The molecule has 1 aliphatic carbocycles. The first-order chi connectivity index (χ1) is 12.0. The lowest BCUT2D eigenvalue weighted by Gasteiger charge is -2.23. The third-order valence-corrected chi connectivity index (χ3v) is 5.56. The number of anilines is 1. The molecule has 1 aromatic heterocycles. The molecule has 0 bridgehead atoms. The molecule has 1 amide bonds. The number of aromatic nitrogens is 2. The van der Waals surface area contributed by atoms with Crippen LogP contribution in [0, 0.1) is 31.0 Å². The molecule has 1 atom stereocenters. The van der Waals surface area contributed by atoms with Gasteiger partial charge in [-0.3, -0.25) is 4.79 Å². The minimum absolute atomic E-state index is 0.0140. The van der Waals surface area contributed by atoms with Crippen molar-refractivity contribution in [3.8, 4) is 5.69 Å². The molecule has 132 valence electrons. The number of amides is 1. The van der Waals surface area contributed by atoms with Crippen molar-refractivity contribution in [3.63, 3.8) is 0 Å². The van der Waals surface area contributed by atoms with E-state index in [1.807, 2.05) is 19.9 Å². The van der Waals surface area contributed by atoms with Gasteiger partial charge in [0.05, 0.1) is 5.69 Å². The molecular formula is C19H23FN4O. The maximum Gasteiger partial charge on any atom is 0.228 e. The van der Waals surface area contributed by atoms with Crippen LogP contribution in [0.4, 0.5) is 10.1 Å². The lowest BCUT2D eigenvalue weighted by molar-refractivity contribution is -0.118. The Labute approximate surface area is 146 Å². The lowest BCUT2D eigenvalue weighted by Crippen LogP contribution is -2.31. The average Bonchev–Trinajstić information content (AvgIpc) is 3.16. The molecule has 2 aromatic rings. The van der Waals surface area contributed by atoms with Crippen molar-refractivity contribution in [1.29, 1.82) is 0 Å². The van der Waals surface area contributed by atoms with E-state index in [1.54, 1.807) is 16.8 Å². The first kappa shape index (κ1) is 16.3. The lowest BCUT2D eigenvalue weighted by atomic mass is 9.92. The van der Waals surface area contributed by atoms with Crippen LogP contribution in [0.15, 0.2) is 24.3 Å². The van der Waals surface area contributed by atoms with Crippen LogP contribution in [0.1, 0.15) is 30.7 Å². The summed E-state index contributed by atoms with van der Waals surface area (Å²) >= 11 is 0. The van der Waals surface area contributed by atoms with Gasteiger partial charge < -0.3 is 10.6 Å². The van der Waals surface area contributed by atoms with E-state index in [0.717, 1.165) is 43.7 Å². The smallest absolute Gasteiger partial charge is 0.228 e. The monoisotopic (exact) mass is 342 g/mol. The number of carbonyl (C=O) groups is 1. The van der Waals surface area contributed by atoms with Gasteiger partial charge in [0, 0.05) is 17.3 Å². The molecule has 2 aliphatic rings. The Morgan fingerprint density at radius 3 is 2.72 bits per heavy atom. The topological polar surface area (TPSA) is 59.0 Å². The molecule has 1 aromatic carbocycles. The second-order valence-corrected chi connectivity index (χ2v) is 7.36. The summed E-state index contributed by atoms with van der Waals surface area (Å²) in [6.45, 7) is 5.73. The van der Waals surface area contributed by atoms with Crippen LogP contribution in [-0.2, 0) is 4.79 Å². The van der Waals surface area contributed by atoms with Crippen molar-refractivity contribution in [3.05, 3.63) is 41.5 Å². The molecule has 1 saturated heterocycles. The van der Waals surface area contributed by atoms with Gasteiger partial charge in [-0.1, -0.05) is 0 Å². The van der Waals surface area contributed by atoms with Crippen molar-refractivity contribution < 1.29 is 9.18 Å². The summed E-state index contributed by atoms with van der Waals surface area (Å²) < 4.78 is 16.1. The van der Waals surface area contributed by atoms with Crippen molar-refractivity contribution >= 4 is 11.6 Å². The zero-order valence-corrected chi connectivity index (χ0v) is 14.6.